The minimum absolute atomic E-state index is 0.590. The second-order valence-electron chi connectivity index (χ2n) is 3.33. The first-order valence-corrected chi connectivity index (χ1v) is 5.67. The van der Waals surface area contributed by atoms with Crippen LogP contribution >= 0.6 is 23.2 Å². The molecule has 0 aliphatic rings. The average molecular weight is 269 g/mol. The van der Waals surface area contributed by atoms with Crippen LogP contribution in [0.5, 0.6) is 5.75 Å². The Balaban J connectivity index is 2.25. The van der Waals surface area contributed by atoms with Gasteiger partial charge in [0.2, 0.25) is 0 Å². The zero-order valence-corrected chi connectivity index (χ0v) is 10.6. The molecule has 0 aliphatic carbocycles. The van der Waals surface area contributed by atoms with E-state index in [0.717, 1.165) is 11.4 Å². The smallest absolute Gasteiger partial charge is 0.130 e. The summed E-state index contributed by atoms with van der Waals surface area (Å²) in [5, 5.41) is 4.28. The highest BCUT2D eigenvalue weighted by Gasteiger charge is 2.03. The van der Waals surface area contributed by atoms with Crippen molar-refractivity contribution in [1.82, 2.24) is 4.98 Å². The minimum atomic E-state index is 0.590. The van der Waals surface area contributed by atoms with E-state index in [2.05, 4.69) is 10.3 Å². The molecule has 0 saturated carbocycles. The van der Waals surface area contributed by atoms with Crippen LogP contribution in [-0.4, -0.2) is 12.1 Å². The van der Waals surface area contributed by atoms with E-state index in [-0.39, 0.29) is 0 Å². The van der Waals surface area contributed by atoms with Gasteiger partial charge >= 0.3 is 0 Å². The second-order valence-corrected chi connectivity index (χ2v) is 4.18. The van der Waals surface area contributed by atoms with Gasteiger partial charge in [-0.3, -0.25) is 0 Å². The Hall–Kier alpha value is -1.45. The first-order chi connectivity index (χ1) is 8.19. The number of nitrogens with one attached hydrogen (secondary N) is 1. The van der Waals surface area contributed by atoms with Gasteiger partial charge < -0.3 is 10.1 Å². The molecule has 0 spiro atoms. The van der Waals surface area contributed by atoms with E-state index in [0.29, 0.717) is 15.9 Å². The first-order valence-electron chi connectivity index (χ1n) is 4.91. The lowest BCUT2D eigenvalue weighted by atomic mass is 10.3. The molecule has 0 bridgehead atoms. The molecule has 0 fully saturated rings. The number of hydrogen-bond donors (Lipinski definition) is 1. The van der Waals surface area contributed by atoms with Crippen LogP contribution in [-0.2, 0) is 0 Å². The lowest BCUT2D eigenvalue weighted by molar-refractivity contribution is 0.415. The second kappa shape index (κ2) is 5.25. The van der Waals surface area contributed by atoms with Gasteiger partial charge in [-0.05, 0) is 24.3 Å². The fraction of sp³-hybridized carbons (Fsp3) is 0.0833. The van der Waals surface area contributed by atoms with Crippen LogP contribution < -0.4 is 10.1 Å². The van der Waals surface area contributed by atoms with E-state index in [4.69, 9.17) is 27.9 Å². The summed E-state index contributed by atoms with van der Waals surface area (Å²) in [6.45, 7) is 0. The number of pyridine rings is 1. The molecule has 0 radical (unpaired) electrons. The van der Waals surface area contributed by atoms with Crippen molar-refractivity contribution in [1.29, 1.82) is 0 Å². The topological polar surface area (TPSA) is 34.1 Å². The summed E-state index contributed by atoms with van der Waals surface area (Å²) < 4.78 is 5.13. The zero-order chi connectivity index (χ0) is 12.3. The predicted octanol–water partition coefficient (Wildman–Crippen LogP) is 4.14. The molecule has 0 amide bonds. The van der Waals surface area contributed by atoms with Gasteiger partial charge in [0.15, 0.2) is 0 Å². The third-order valence-corrected chi connectivity index (χ3v) is 2.72. The van der Waals surface area contributed by atoms with Crippen LogP contribution in [0.25, 0.3) is 0 Å². The molecule has 17 heavy (non-hydrogen) atoms. The summed E-state index contributed by atoms with van der Waals surface area (Å²) >= 11 is 11.8. The summed E-state index contributed by atoms with van der Waals surface area (Å²) in [7, 11) is 1.60. The van der Waals surface area contributed by atoms with Crippen LogP contribution in [0.15, 0.2) is 36.5 Å². The number of rotatable bonds is 3. The summed E-state index contributed by atoms with van der Waals surface area (Å²) in [4.78, 5) is 4.13. The molecule has 0 saturated heterocycles. The van der Waals surface area contributed by atoms with Crippen molar-refractivity contribution in [2.24, 2.45) is 0 Å². The molecule has 1 aromatic heterocycles. The molecule has 1 aromatic carbocycles. The highest BCUT2D eigenvalue weighted by molar-refractivity contribution is 6.33. The third-order valence-electron chi connectivity index (χ3n) is 2.16. The van der Waals surface area contributed by atoms with Crippen molar-refractivity contribution in [2.45, 2.75) is 0 Å². The number of methoxy groups -OCH3 is 1. The number of hydrogen-bond acceptors (Lipinski definition) is 3. The molecule has 5 heteroatoms. The van der Waals surface area contributed by atoms with Crippen molar-refractivity contribution >= 4 is 34.7 Å². The Morgan fingerprint density at radius 3 is 2.65 bits per heavy atom. The molecule has 1 heterocycles. The molecule has 2 rings (SSSR count). The van der Waals surface area contributed by atoms with E-state index in [1.165, 1.54) is 0 Å². The van der Waals surface area contributed by atoms with Crippen LogP contribution in [0.4, 0.5) is 11.5 Å². The molecular weight excluding hydrogens is 259 g/mol. The Bertz CT molecular complexity index is 514. The highest BCUT2D eigenvalue weighted by Crippen LogP contribution is 2.28. The summed E-state index contributed by atoms with van der Waals surface area (Å²) in [5.74, 6) is 1.40. The fourth-order valence-corrected chi connectivity index (χ4v) is 1.59. The Morgan fingerprint density at radius 1 is 1.18 bits per heavy atom. The number of anilines is 2. The minimum Gasteiger partial charge on any atom is -0.497 e. The largest absolute Gasteiger partial charge is 0.497 e. The number of ether oxygens (including phenoxy) is 1. The van der Waals surface area contributed by atoms with Crippen LogP contribution in [0.1, 0.15) is 0 Å². The van der Waals surface area contributed by atoms with Gasteiger partial charge in [-0.1, -0.05) is 23.2 Å². The monoisotopic (exact) mass is 268 g/mol. The van der Waals surface area contributed by atoms with Crippen molar-refractivity contribution in [3.8, 4) is 5.75 Å². The van der Waals surface area contributed by atoms with E-state index in [1.54, 1.807) is 43.6 Å². The number of halogens is 2. The lowest BCUT2D eigenvalue weighted by Gasteiger charge is -2.09. The highest BCUT2D eigenvalue weighted by atomic mass is 35.5. The van der Waals surface area contributed by atoms with Gasteiger partial charge in [-0.15, -0.1) is 0 Å². The molecule has 0 aliphatic heterocycles. The van der Waals surface area contributed by atoms with E-state index in [9.17, 15) is 0 Å². The molecule has 3 nitrogen and oxygen atoms in total. The maximum absolute atomic E-state index is 6.06. The predicted molar refractivity (Wildman–Crippen MR) is 70.5 cm³/mol. The Kier molecular flexibility index (Phi) is 3.71. The summed E-state index contributed by atoms with van der Waals surface area (Å²) in [6, 6.07) is 8.89. The molecule has 88 valence electrons. The van der Waals surface area contributed by atoms with Crippen molar-refractivity contribution < 1.29 is 4.74 Å². The molecular formula is C12H10Cl2N2O. The first kappa shape index (κ1) is 12.0. The average Bonchev–Trinajstić information content (AvgIpc) is 2.35. The molecule has 0 atom stereocenters. The van der Waals surface area contributed by atoms with Gasteiger partial charge in [0.1, 0.15) is 11.6 Å². The van der Waals surface area contributed by atoms with Gasteiger partial charge in [0.25, 0.3) is 0 Å². The van der Waals surface area contributed by atoms with Crippen LogP contribution in [0.3, 0.4) is 0 Å². The summed E-state index contributed by atoms with van der Waals surface area (Å²) in [6.07, 6.45) is 1.57. The quantitative estimate of drug-likeness (QED) is 0.909. The van der Waals surface area contributed by atoms with Gasteiger partial charge in [0.05, 0.1) is 22.8 Å². The number of aromatic nitrogens is 1. The third kappa shape index (κ3) is 3.02. The van der Waals surface area contributed by atoms with E-state index >= 15 is 0 Å². The van der Waals surface area contributed by atoms with Gasteiger partial charge in [-0.2, -0.15) is 0 Å². The normalized spacial score (nSPS) is 10.1. The van der Waals surface area contributed by atoms with Crippen molar-refractivity contribution in [3.05, 3.63) is 46.6 Å². The number of nitrogens with zero attached hydrogens (tertiary/aromatic N) is 1. The zero-order valence-electron chi connectivity index (χ0n) is 9.08. The maximum atomic E-state index is 6.06. The SMILES string of the molecule is COc1ccc(Cl)c(Nc2ccc(Cl)cn2)c1. The van der Waals surface area contributed by atoms with Crippen LogP contribution in [0, 0.1) is 0 Å². The van der Waals surface area contributed by atoms with E-state index in [1.807, 2.05) is 0 Å². The lowest BCUT2D eigenvalue weighted by Crippen LogP contribution is -1.94. The Morgan fingerprint density at radius 2 is 2.00 bits per heavy atom. The van der Waals surface area contributed by atoms with Crippen molar-refractivity contribution in [3.63, 3.8) is 0 Å². The number of benzene rings is 1. The van der Waals surface area contributed by atoms with Crippen LogP contribution in [0.2, 0.25) is 10.0 Å². The maximum Gasteiger partial charge on any atom is 0.130 e. The van der Waals surface area contributed by atoms with Gasteiger partial charge in [0, 0.05) is 12.3 Å². The van der Waals surface area contributed by atoms with Gasteiger partial charge in [-0.25, -0.2) is 4.98 Å². The molecule has 0 unspecified atom stereocenters. The summed E-state index contributed by atoms with van der Waals surface area (Å²) in [5.41, 5.74) is 0.737. The molecule has 2 aromatic rings. The Labute approximate surface area is 109 Å². The fourth-order valence-electron chi connectivity index (χ4n) is 1.31. The van der Waals surface area contributed by atoms with Crippen molar-refractivity contribution in [2.75, 3.05) is 12.4 Å². The van der Waals surface area contributed by atoms with E-state index < -0.39 is 0 Å². The molecule has 1 N–H and O–H groups in total. The standard InChI is InChI=1S/C12H10Cl2N2O/c1-17-9-3-4-10(14)11(6-9)16-12-5-2-8(13)7-15-12/h2-7H,1H3,(H,15,16).